The summed E-state index contributed by atoms with van der Waals surface area (Å²) in [5, 5.41) is -0.138. The molecule has 0 N–H and O–H groups in total. The van der Waals surface area contributed by atoms with Gasteiger partial charge in [-0.25, -0.2) is 31.9 Å². The van der Waals surface area contributed by atoms with Crippen molar-refractivity contribution in [1.82, 2.24) is 9.97 Å². The summed E-state index contributed by atoms with van der Waals surface area (Å²) in [4.78, 5) is 8.19. The van der Waals surface area contributed by atoms with E-state index in [1.54, 1.807) is 0 Å². The molecule has 0 aliphatic heterocycles. The van der Waals surface area contributed by atoms with Crippen LogP contribution in [-0.2, 0) is 12.5 Å². The molecule has 0 aliphatic rings. The summed E-state index contributed by atoms with van der Waals surface area (Å²) in [7, 11) is 0. The predicted molar refractivity (Wildman–Crippen MR) is 157 cm³/mol. The van der Waals surface area contributed by atoms with Gasteiger partial charge in [0.1, 0.15) is 40.4 Å². The van der Waals surface area contributed by atoms with Gasteiger partial charge >= 0.3 is 6.11 Å². The number of nitrogens with zero attached hydrogens (tertiary/aromatic N) is 2. The zero-order valence-electron chi connectivity index (χ0n) is 23.7. The number of hydrogen-bond donors (Lipinski definition) is 0. The van der Waals surface area contributed by atoms with Crippen molar-refractivity contribution in [2.75, 3.05) is 0 Å². The number of ether oxygens (including phenoxy) is 1. The number of rotatable bonds is 10. The molecule has 0 atom stereocenters. The van der Waals surface area contributed by atoms with E-state index in [9.17, 15) is 17.6 Å². The van der Waals surface area contributed by atoms with Gasteiger partial charge in [-0.15, -0.1) is 0 Å². The molecule has 5 rings (SSSR count). The van der Waals surface area contributed by atoms with Gasteiger partial charge in [0, 0.05) is 35.2 Å². The maximum absolute atomic E-state index is 15.0. The molecule has 11 heteroatoms. The molecule has 0 radical (unpaired) electrons. The van der Waals surface area contributed by atoms with Crippen molar-refractivity contribution in [3.63, 3.8) is 0 Å². The molecule has 0 spiro atoms. The molecule has 0 fully saturated rings. The second-order valence-corrected chi connectivity index (χ2v) is 10.7. The minimum absolute atomic E-state index is 0.0235. The molecule has 232 valence electrons. The summed E-state index contributed by atoms with van der Waals surface area (Å²) in [5.41, 5.74) is -0.900. The molecule has 1 aromatic heterocycles. The minimum atomic E-state index is -4.54. The van der Waals surface area contributed by atoms with Crippen molar-refractivity contribution < 1.29 is 35.5 Å². The zero-order valence-corrected chi connectivity index (χ0v) is 24.4. The molecule has 0 saturated carbocycles. The van der Waals surface area contributed by atoms with Crippen LogP contribution in [0.2, 0.25) is 5.02 Å². The highest BCUT2D eigenvalue weighted by Gasteiger charge is 2.41. The van der Waals surface area contributed by atoms with Gasteiger partial charge in [-0.05, 0) is 72.0 Å². The third-order valence-corrected chi connectivity index (χ3v) is 7.37. The first-order valence-electron chi connectivity index (χ1n) is 13.9. The summed E-state index contributed by atoms with van der Waals surface area (Å²) in [6.07, 6.45) is 2.21. The number of alkyl halides is 2. The molecule has 0 bridgehead atoms. The standard InChI is InChI=1S/C34H24ClF7N2O/c1-2-3-4-5-19-17-43-33(44-18-19)22-14-30(39)32(31(40)15-22)34(41,42)45-23-8-10-25(28(37)16-23)20-6-9-24(27(36)12-20)21-7-11-26(35)29(38)13-21/h6-18H,2-5H2,1H3. The Kier molecular flexibility index (Phi) is 9.43. The molecule has 0 amide bonds. The largest absolute Gasteiger partial charge is 0.432 e. The molecule has 4 aromatic carbocycles. The van der Waals surface area contributed by atoms with Gasteiger partial charge in [-0.3, -0.25) is 0 Å². The monoisotopic (exact) mass is 644 g/mol. The van der Waals surface area contributed by atoms with Gasteiger partial charge in [0.25, 0.3) is 0 Å². The van der Waals surface area contributed by atoms with Crippen molar-refractivity contribution in [1.29, 1.82) is 0 Å². The smallest absolute Gasteiger partial charge is 0.429 e. The molecule has 5 aromatic rings. The van der Waals surface area contributed by atoms with E-state index in [0.717, 1.165) is 55.5 Å². The fourth-order valence-corrected chi connectivity index (χ4v) is 4.88. The summed E-state index contributed by atoms with van der Waals surface area (Å²) in [5.74, 6) is -6.63. The van der Waals surface area contributed by atoms with Crippen molar-refractivity contribution in [2.45, 2.75) is 38.7 Å². The van der Waals surface area contributed by atoms with E-state index in [1.165, 1.54) is 36.7 Å². The Labute approximate surface area is 259 Å². The molecular weight excluding hydrogens is 621 g/mol. The van der Waals surface area contributed by atoms with Crippen molar-refractivity contribution in [3.8, 4) is 39.4 Å². The van der Waals surface area contributed by atoms with E-state index in [0.29, 0.717) is 18.2 Å². The fraction of sp³-hybridized carbons (Fsp3) is 0.176. The van der Waals surface area contributed by atoms with Crippen molar-refractivity contribution in [3.05, 3.63) is 124 Å². The van der Waals surface area contributed by atoms with Crippen LogP contribution in [-0.4, -0.2) is 9.97 Å². The van der Waals surface area contributed by atoms with Crippen LogP contribution in [0, 0.1) is 29.1 Å². The minimum Gasteiger partial charge on any atom is -0.429 e. The molecule has 45 heavy (non-hydrogen) atoms. The maximum atomic E-state index is 15.0. The van der Waals surface area contributed by atoms with Crippen LogP contribution < -0.4 is 4.74 Å². The number of aromatic nitrogens is 2. The first kappa shape index (κ1) is 32.0. The average molecular weight is 645 g/mol. The Morgan fingerprint density at radius 3 is 1.80 bits per heavy atom. The summed E-state index contributed by atoms with van der Waals surface area (Å²) in [6, 6.07) is 11.3. The third-order valence-electron chi connectivity index (χ3n) is 7.06. The normalized spacial score (nSPS) is 11.6. The van der Waals surface area contributed by atoms with Gasteiger partial charge in [0.05, 0.1) is 5.02 Å². The zero-order chi connectivity index (χ0) is 32.3. The average Bonchev–Trinajstić information content (AvgIpc) is 2.98. The molecule has 1 heterocycles. The molecule has 0 unspecified atom stereocenters. The number of hydrogen-bond acceptors (Lipinski definition) is 3. The summed E-state index contributed by atoms with van der Waals surface area (Å²) >= 11 is 5.67. The summed E-state index contributed by atoms with van der Waals surface area (Å²) in [6.45, 7) is 2.06. The number of benzene rings is 4. The van der Waals surface area contributed by atoms with Gasteiger partial charge in [-0.2, -0.15) is 8.78 Å². The first-order valence-corrected chi connectivity index (χ1v) is 14.3. The van der Waals surface area contributed by atoms with Crippen molar-refractivity contribution in [2.24, 2.45) is 0 Å². The van der Waals surface area contributed by atoms with Crippen molar-refractivity contribution >= 4 is 11.6 Å². The Balaban J connectivity index is 1.34. The molecule has 0 saturated heterocycles. The predicted octanol–water partition coefficient (Wildman–Crippen LogP) is 10.7. The van der Waals surface area contributed by atoms with E-state index in [-0.39, 0.29) is 38.7 Å². The number of halogens is 8. The van der Waals surface area contributed by atoms with Crippen LogP contribution >= 0.6 is 11.6 Å². The number of unbranched alkanes of at least 4 members (excludes halogenated alkanes) is 2. The Bertz CT molecular complexity index is 1830. The van der Waals surface area contributed by atoms with E-state index in [1.807, 2.05) is 0 Å². The van der Waals surface area contributed by atoms with Crippen LogP contribution in [0.1, 0.15) is 37.3 Å². The van der Waals surface area contributed by atoms with E-state index in [2.05, 4.69) is 21.6 Å². The lowest BCUT2D eigenvalue weighted by Gasteiger charge is -2.20. The second-order valence-electron chi connectivity index (χ2n) is 10.3. The van der Waals surface area contributed by atoms with Gasteiger partial charge < -0.3 is 4.74 Å². The van der Waals surface area contributed by atoms with Gasteiger partial charge in [0.2, 0.25) is 0 Å². The number of aryl methyl sites for hydroxylation is 1. The van der Waals surface area contributed by atoms with Crippen LogP contribution in [0.3, 0.4) is 0 Å². The van der Waals surface area contributed by atoms with Crippen LogP contribution in [0.15, 0.2) is 79.1 Å². The lowest BCUT2D eigenvalue weighted by Crippen LogP contribution is -2.25. The van der Waals surface area contributed by atoms with E-state index < -0.39 is 46.5 Å². The lowest BCUT2D eigenvalue weighted by atomic mass is 9.99. The van der Waals surface area contributed by atoms with Gasteiger partial charge in [-0.1, -0.05) is 49.6 Å². The highest BCUT2D eigenvalue weighted by molar-refractivity contribution is 6.30. The second kappa shape index (κ2) is 13.3. The molecule has 0 aliphatic carbocycles. The summed E-state index contributed by atoms with van der Waals surface area (Å²) < 4.78 is 108. The Morgan fingerprint density at radius 1 is 0.667 bits per heavy atom. The third kappa shape index (κ3) is 7.12. The quantitative estimate of drug-likeness (QED) is 0.112. The first-order chi connectivity index (χ1) is 21.5. The van der Waals surface area contributed by atoms with Crippen LogP contribution in [0.5, 0.6) is 5.75 Å². The Hall–Kier alpha value is -4.44. The topological polar surface area (TPSA) is 35.0 Å². The van der Waals surface area contributed by atoms with E-state index >= 15 is 13.2 Å². The fourth-order valence-electron chi connectivity index (χ4n) is 4.77. The highest BCUT2D eigenvalue weighted by atomic mass is 35.5. The van der Waals surface area contributed by atoms with Gasteiger partial charge in [0.15, 0.2) is 5.82 Å². The SMILES string of the molecule is CCCCCc1cnc(-c2cc(F)c(C(F)(F)Oc3ccc(-c4ccc(-c5ccc(Cl)c(F)c5)c(F)c4)c(F)c3)c(F)c2)nc1. The highest BCUT2D eigenvalue weighted by Crippen LogP contribution is 2.38. The molecule has 3 nitrogen and oxygen atoms in total. The Morgan fingerprint density at radius 2 is 1.22 bits per heavy atom. The van der Waals surface area contributed by atoms with Crippen LogP contribution in [0.4, 0.5) is 30.7 Å². The van der Waals surface area contributed by atoms with E-state index in [4.69, 9.17) is 11.6 Å². The van der Waals surface area contributed by atoms with Crippen LogP contribution in [0.25, 0.3) is 33.6 Å². The maximum Gasteiger partial charge on any atom is 0.432 e. The lowest BCUT2D eigenvalue weighted by molar-refractivity contribution is -0.189. The molecular formula is C34H24ClF7N2O.